The lowest BCUT2D eigenvalue weighted by Crippen LogP contribution is -2.47. The van der Waals surface area contributed by atoms with Crippen LogP contribution >= 0.6 is 0 Å². The Hall–Kier alpha value is -3.92. The van der Waals surface area contributed by atoms with Crippen LogP contribution in [0.15, 0.2) is 42.6 Å². The number of piperazine rings is 1. The highest BCUT2D eigenvalue weighted by atomic mass is 16.5. The lowest BCUT2D eigenvalue weighted by atomic mass is 9.90. The molecule has 3 aromatic rings. The molecule has 0 unspecified atom stereocenters. The fourth-order valence-corrected chi connectivity index (χ4v) is 4.53. The molecule has 10 heteroatoms. The Balaban J connectivity index is 1.14. The number of nitrogens with zero attached hydrogens (tertiary/aromatic N) is 6. The highest BCUT2D eigenvalue weighted by Gasteiger charge is 2.34. The molecule has 1 aliphatic carbocycles. The first-order valence-electron chi connectivity index (χ1n) is 11.8. The van der Waals surface area contributed by atoms with E-state index in [9.17, 15) is 14.4 Å². The molecule has 5 rings (SSSR count). The molecule has 35 heavy (non-hydrogen) atoms. The van der Waals surface area contributed by atoms with Gasteiger partial charge >= 0.3 is 5.97 Å². The maximum absolute atomic E-state index is 13.0. The van der Waals surface area contributed by atoms with Gasteiger partial charge in [-0.05, 0) is 25.5 Å². The SMILES string of the molecule is CCOC(=O)c1ccc(N2CCN(CCCn3nnc4c3C(=O)c3ccccc3C4=O)CC2)nc1. The van der Waals surface area contributed by atoms with Crippen molar-refractivity contribution >= 4 is 23.4 Å². The molecule has 0 spiro atoms. The highest BCUT2D eigenvalue weighted by molar-refractivity contribution is 6.26. The van der Waals surface area contributed by atoms with Gasteiger partial charge in [-0.1, -0.05) is 29.5 Å². The minimum atomic E-state index is -0.361. The van der Waals surface area contributed by atoms with Crippen LogP contribution < -0.4 is 4.90 Å². The van der Waals surface area contributed by atoms with E-state index in [1.165, 1.54) is 0 Å². The summed E-state index contributed by atoms with van der Waals surface area (Å²) in [6, 6.07) is 10.4. The second kappa shape index (κ2) is 9.75. The number of hydrogen-bond acceptors (Lipinski definition) is 9. The normalized spacial score (nSPS) is 15.6. The second-order valence-corrected chi connectivity index (χ2v) is 8.52. The fourth-order valence-electron chi connectivity index (χ4n) is 4.53. The number of aryl methyl sites for hydroxylation is 1. The van der Waals surface area contributed by atoms with Crippen molar-refractivity contribution in [3.8, 4) is 0 Å². The van der Waals surface area contributed by atoms with Crippen molar-refractivity contribution in [3.63, 3.8) is 0 Å². The molecule has 2 aliphatic rings. The Bertz CT molecular complexity index is 1260. The van der Waals surface area contributed by atoms with Crippen molar-refractivity contribution < 1.29 is 19.1 Å². The van der Waals surface area contributed by atoms with Crippen LogP contribution in [-0.4, -0.2) is 81.7 Å². The van der Waals surface area contributed by atoms with Gasteiger partial charge in [-0.25, -0.2) is 14.5 Å². The third kappa shape index (κ3) is 4.44. The minimum absolute atomic E-state index is 0.142. The number of ketones is 2. The minimum Gasteiger partial charge on any atom is -0.462 e. The average molecular weight is 475 g/mol. The second-order valence-electron chi connectivity index (χ2n) is 8.52. The van der Waals surface area contributed by atoms with Gasteiger partial charge in [0.05, 0.1) is 12.2 Å². The standard InChI is InChI=1S/C25H26N6O4/c1-2-35-25(34)17-8-9-20(26-16-17)30-14-12-29(13-15-30)10-5-11-31-22-21(27-28-31)23(32)18-6-3-4-7-19(18)24(22)33/h3-4,6-9,16H,2,5,10-15H2,1H3. The molecule has 3 heterocycles. The average Bonchev–Trinajstić information content (AvgIpc) is 3.32. The number of anilines is 1. The van der Waals surface area contributed by atoms with Crippen molar-refractivity contribution in [2.24, 2.45) is 0 Å². The predicted molar refractivity (Wildman–Crippen MR) is 127 cm³/mol. The summed E-state index contributed by atoms with van der Waals surface area (Å²) >= 11 is 0. The summed E-state index contributed by atoms with van der Waals surface area (Å²) < 4.78 is 6.57. The fraction of sp³-hybridized carbons (Fsp3) is 0.360. The Labute approximate surface area is 202 Å². The topological polar surface area (TPSA) is 111 Å². The van der Waals surface area contributed by atoms with E-state index < -0.39 is 0 Å². The number of rotatable bonds is 7. The lowest BCUT2D eigenvalue weighted by Gasteiger charge is -2.35. The van der Waals surface area contributed by atoms with E-state index in [2.05, 4.69) is 25.1 Å². The van der Waals surface area contributed by atoms with Crippen LogP contribution in [-0.2, 0) is 11.3 Å². The molecule has 0 amide bonds. The lowest BCUT2D eigenvalue weighted by molar-refractivity contribution is 0.0525. The number of carbonyl (C=O) groups excluding carboxylic acids is 3. The number of ether oxygens (including phenoxy) is 1. The van der Waals surface area contributed by atoms with Gasteiger partial charge in [0.15, 0.2) is 5.69 Å². The largest absolute Gasteiger partial charge is 0.462 e. The molecule has 0 N–H and O–H groups in total. The zero-order valence-corrected chi connectivity index (χ0v) is 19.5. The van der Waals surface area contributed by atoms with E-state index in [-0.39, 0.29) is 28.9 Å². The summed E-state index contributed by atoms with van der Waals surface area (Å²) in [5.74, 6) is 0.0347. The van der Waals surface area contributed by atoms with E-state index in [0.29, 0.717) is 29.8 Å². The summed E-state index contributed by atoms with van der Waals surface area (Å²) in [5.41, 5.74) is 1.68. The predicted octanol–water partition coefficient (Wildman–Crippen LogP) is 1.84. The zero-order chi connectivity index (χ0) is 24.4. The van der Waals surface area contributed by atoms with E-state index in [4.69, 9.17) is 4.74 Å². The van der Waals surface area contributed by atoms with Crippen LogP contribution in [0.3, 0.4) is 0 Å². The van der Waals surface area contributed by atoms with Crippen LogP contribution in [0.1, 0.15) is 55.8 Å². The molecule has 2 aromatic heterocycles. The Kier molecular flexibility index (Phi) is 6.37. The van der Waals surface area contributed by atoms with E-state index in [1.54, 1.807) is 48.1 Å². The molecular weight excluding hydrogens is 448 g/mol. The maximum atomic E-state index is 13.0. The summed E-state index contributed by atoms with van der Waals surface area (Å²) in [4.78, 5) is 46.4. The van der Waals surface area contributed by atoms with Gasteiger partial charge in [0.25, 0.3) is 0 Å². The van der Waals surface area contributed by atoms with Crippen LogP contribution in [0.25, 0.3) is 0 Å². The van der Waals surface area contributed by atoms with Crippen molar-refractivity contribution in [2.45, 2.75) is 19.9 Å². The number of aromatic nitrogens is 4. The van der Waals surface area contributed by atoms with Crippen LogP contribution in [0, 0.1) is 0 Å². The molecular formula is C25H26N6O4. The molecule has 1 saturated heterocycles. The van der Waals surface area contributed by atoms with E-state index in [1.807, 2.05) is 6.07 Å². The number of fused-ring (bicyclic) bond motifs is 2. The zero-order valence-electron chi connectivity index (χ0n) is 19.5. The third-order valence-corrected chi connectivity index (χ3v) is 6.38. The van der Waals surface area contributed by atoms with E-state index >= 15 is 0 Å². The van der Waals surface area contributed by atoms with Gasteiger partial charge in [-0.2, -0.15) is 0 Å². The summed E-state index contributed by atoms with van der Waals surface area (Å²) in [6.45, 7) is 6.88. The first-order valence-corrected chi connectivity index (χ1v) is 11.8. The van der Waals surface area contributed by atoms with Crippen LogP contribution in [0.5, 0.6) is 0 Å². The summed E-state index contributed by atoms with van der Waals surface area (Å²) in [7, 11) is 0. The third-order valence-electron chi connectivity index (χ3n) is 6.38. The molecule has 1 aliphatic heterocycles. The summed E-state index contributed by atoms with van der Waals surface area (Å²) in [6.07, 6.45) is 2.34. The molecule has 1 aromatic carbocycles. The molecule has 0 atom stereocenters. The van der Waals surface area contributed by atoms with Crippen molar-refractivity contribution in [1.82, 2.24) is 24.9 Å². The number of esters is 1. The van der Waals surface area contributed by atoms with Gasteiger partial charge < -0.3 is 9.64 Å². The van der Waals surface area contributed by atoms with Gasteiger partial charge in [0.2, 0.25) is 11.6 Å². The van der Waals surface area contributed by atoms with Crippen molar-refractivity contribution in [3.05, 3.63) is 70.7 Å². The van der Waals surface area contributed by atoms with Gasteiger partial charge in [-0.3, -0.25) is 14.5 Å². The molecule has 10 nitrogen and oxygen atoms in total. The smallest absolute Gasteiger partial charge is 0.339 e. The molecule has 0 saturated carbocycles. The first kappa shape index (κ1) is 22.9. The van der Waals surface area contributed by atoms with Gasteiger partial charge in [-0.15, -0.1) is 5.10 Å². The van der Waals surface area contributed by atoms with Gasteiger partial charge in [0, 0.05) is 56.6 Å². The molecule has 0 radical (unpaired) electrons. The number of hydrogen-bond donors (Lipinski definition) is 0. The number of carbonyl (C=O) groups is 3. The van der Waals surface area contributed by atoms with Crippen LogP contribution in [0.2, 0.25) is 0 Å². The van der Waals surface area contributed by atoms with E-state index in [0.717, 1.165) is 45.0 Å². The highest BCUT2D eigenvalue weighted by Crippen LogP contribution is 2.25. The van der Waals surface area contributed by atoms with Crippen molar-refractivity contribution in [1.29, 1.82) is 0 Å². The Morgan fingerprint density at radius 1 is 0.971 bits per heavy atom. The molecule has 0 bridgehead atoms. The molecule has 180 valence electrons. The first-order chi connectivity index (χ1) is 17.1. The number of benzene rings is 1. The number of pyridine rings is 1. The maximum Gasteiger partial charge on any atom is 0.339 e. The van der Waals surface area contributed by atoms with Crippen LogP contribution in [0.4, 0.5) is 5.82 Å². The van der Waals surface area contributed by atoms with Crippen molar-refractivity contribution in [2.75, 3.05) is 44.2 Å². The quantitative estimate of drug-likeness (QED) is 0.371. The summed E-state index contributed by atoms with van der Waals surface area (Å²) in [5, 5.41) is 8.11. The Morgan fingerprint density at radius 2 is 1.71 bits per heavy atom. The van der Waals surface area contributed by atoms with Gasteiger partial charge in [0.1, 0.15) is 11.5 Å². The monoisotopic (exact) mass is 474 g/mol. The molecule has 1 fully saturated rings. The Morgan fingerprint density at radius 3 is 2.40 bits per heavy atom.